The molecular weight excluding hydrogens is 484 g/mol. The molecular formula is C35H41O2S+. The molecule has 198 valence electrons. The van der Waals surface area contributed by atoms with Gasteiger partial charge in [-0.15, -0.1) is 0 Å². The molecule has 4 aromatic rings. The molecule has 0 radical (unpaired) electrons. The average Bonchev–Trinajstić information content (AvgIpc) is 2.89. The van der Waals surface area contributed by atoms with Crippen molar-refractivity contribution in [3.05, 3.63) is 113 Å². The summed E-state index contributed by atoms with van der Waals surface area (Å²) < 4.78 is 11.0. The third-order valence-electron chi connectivity index (χ3n) is 6.96. The predicted octanol–water partition coefficient (Wildman–Crippen LogP) is 8.99. The van der Waals surface area contributed by atoms with Crippen molar-refractivity contribution in [2.45, 2.75) is 73.5 Å². The van der Waals surface area contributed by atoms with Crippen LogP contribution in [0.3, 0.4) is 0 Å². The zero-order chi connectivity index (χ0) is 27.5. The smallest absolute Gasteiger partial charge is 0.170 e. The van der Waals surface area contributed by atoms with Gasteiger partial charge >= 0.3 is 0 Å². The second-order valence-electron chi connectivity index (χ2n) is 11.9. The zero-order valence-electron chi connectivity index (χ0n) is 24.1. The maximum absolute atomic E-state index is 5.48. The summed E-state index contributed by atoms with van der Waals surface area (Å²) in [6.07, 6.45) is 0.889. The van der Waals surface area contributed by atoms with Crippen LogP contribution in [0.25, 0.3) is 0 Å². The van der Waals surface area contributed by atoms with Gasteiger partial charge < -0.3 is 9.47 Å². The summed E-state index contributed by atoms with van der Waals surface area (Å²) >= 11 is 0. The van der Waals surface area contributed by atoms with Crippen LogP contribution < -0.4 is 9.47 Å². The molecule has 0 spiro atoms. The van der Waals surface area contributed by atoms with Crippen LogP contribution in [0, 0.1) is 0 Å². The van der Waals surface area contributed by atoms with E-state index >= 15 is 0 Å². The number of ether oxygens (including phenoxy) is 2. The lowest BCUT2D eigenvalue weighted by atomic mass is 9.85. The van der Waals surface area contributed by atoms with Crippen LogP contribution in [0.2, 0.25) is 0 Å². The van der Waals surface area contributed by atoms with Crippen molar-refractivity contribution in [3.63, 3.8) is 0 Å². The Morgan fingerprint density at radius 1 is 0.553 bits per heavy atom. The summed E-state index contributed by atoms with van der Waals surface area (Å²) in [5.74, 6) is 1.74. The number of hydrogen-bond donors (Lipinski definition) is 0. The molecule has 0 saturated heterocycles. The Morgan fingerprint density at radius 2 is 1.00 bits per heavy atom. The minimum atomic E-state index is -0.295. The molecule has 0 fully saturated rings. The fourth-order valence-corrected chi connectivity index (χ4v) is 6.76. The highest BCUT2D eigenvalue weighted by atomic mass is 32.2. The lowest BCUT2D eigenvalue weighted by molar-refractivity contribution is 0.414. The highest BCUT2D eigenvalue weighted by Gasteiger charge is 2.33. The highest BCUT2D eigenvalue weighted by Crippen LogP contribution is 2.38. The van der Waals surface area contributed by atoms with Crippen molar-refractivity contribution in [1.29, 1.82) is 0 Å². The van der Waals surface area contributed by atoms with Gasteiger partial charge in [-0.1, -0.05) is 77.9 Å². The maximum atomic E-state index is 5.48. The van der Waals surface area contributed by atoms with Crippen LogP contribution in [0.5, 0.6) is 11.5 Å². The lowest BCUT2D eigenvalue weighted by Gasteiger charge is -2.22. The largest absolute Gasteiger partial charge is 0.497 e. The van der Waals surface area contributed by atoms with Crippen LogP contribution in [0.1, 0.15) is 63.8 Å². The van der Waals surface area contributed by atoms with E-state index in [-0.39, 0.29) is 21.7 Å². The first-order chi connectivity index (χ1) is 18.0. The molecule has 0 heterocycles. The molecule has 4 rings (SSSR count). The molecule has 2 nitrogen and oxygen atoms in total. The van der Waals surface area contributed by atoms with E-state index in [4.69, 9.17) is 9.47 Å². The maximum Gasteiger partial charge on any atom is 0.170 e. The van der Waals surface area contributed by atoms with Gasteiger partial charge in [-0.3, -0.25) is 0 Å². The van der Waals surface area contributed by atoms with Crippen LogP contribution in [-0.4, -0.2) is 14.2 Å². The molecule has 4 aromatic carbocycles. The second kappa shape index (κ2) is 11.3. The van der Waals surface area contributed by atoms with Crippen molar-refractivity contribution in [3.8, 4) is 11.5 Å². The van der Waals surface area contributed by atoms with Crippen molar-refractivity contribution < 1.29 is 9.47 Å². The Hall–Kier alpha value is -3.17. The molecule has 0 aliphatic carbocycles. The van der Waals surface area contributed by atoms with Gasteiger partial charge in [0.15, 0.2) is 14.7 Å². The van der Waals surface area contributed by atoms with E-state index in [1.807, 2.05) is 0 Å². The summed E-state index contributed by atoms with van der Waals surface area (Å²) in [4.78, 5) is 3.91. The van der Waals surface area contributed by atoms with Gasteiger partial charge in [-0.25, -0.2) is 0 Å². The van der Waals surface area contributed by atoms with E-state index in [1.165, 1.54) is 36.9 Å². The Bertz CT molecular complexity index is 1290. The van der Waals surface area contributed by atoms with Gasteiger partial charge in [0.25, 0.3) is 0 Å². The minimum absolute atomic E-state index is 0.0521. The van der Waals surface area contributed by atoms with Gasteiger partial charge in [0.2, 0.25) is 0 Å². The molecule has 0 atom stereocenters. The van der Waals surface area contributed by atoms with Crippen LogP contribution in [-0.2, 0) is 28.1 Å². The van der Waals surface area contributed by atoms with E-state index in [1.54, 1.807) is 14.2 Å². The minimum Gasteiger partial charge on any atom is -0.497 e. The first-order valence-electron chi connectivity index (χ1n) is 13.2. The summed E-state index contributed by atoms with van der Waals surface area (Å²) in [6.45, 7) is 13.7. The predicted molar refractivity (Wildman–Crippen MR) is 161 cm³/mol. The van der Waals surface area contributed by atoms with Crippen molar-refractivity contribution in [2.75, 3.05) is 14.2 Å². The monoisotopic (exact) mass is 525 g/mol. The van der Waals surface area contributed by atoms with E-state index in [0.717, 1.165) is 17.9 Å². The Labute approximate surface area is 232 Å². The van der Waals surface area contributed by atoms with Crippen LogP contribution in [0.15, 0.2) is 106 Å². The second-order valence-corrected chi connectivity index (χ2v) is 13.8. The Balaban J connectivity index is 1.87. The molecule has 0 aliphatic heterocycles. The van der Waals surface area contributed by atoms with Crippen molar-refractivity contribution in [2.24, 2.45) is 0 Å². The summed E-state index contributed by atoms with van der Waals surface area (Å²) in [6, 6.07) is 33.3. The topological polar surface area (TPSA) is 18.5 Å². The lowest BCUT2D eigenvalue weighted by Crippen LogP contribution is -2.15. The number of hydrogen-bond acceptors (Lipinski definition) is 2. The molecule has 0 aromatic heterocycles. The summed E-state index contributed by atoms with van der Waals surface area (Å²) in [5, 5.41) is 0. The van der Waals surface area contributed by atoms with Gasteiger partial charge in [-0.05, 0) is 82.1 Å². The molecule has 3 heteroatoms. The van der Waals surface area contributed by atoms with Crippen LogP contribution >= 0.6 is 0 Å². The van der Waals surface area contributed by atoms with E-state index in [2.05, 4.69) is 133 Å². The number of benzene rings is 4. The third-order valence-corrected chi connectivity index (χ3v) is 9.26. The Morgan fingerprint density at radius 3 is 1.42 bits per heavy atom. The molecule has 0 aliphatic rings. The molecule has 0 bridgehead atoms. The SMILES string of the molecule is COc1ccc([S+](c2ccc(OC)cc2)c2cc(C(C)(C)C)ccc2Cc2ccc(C(C)(C)C)cc2)cc1. The van der Waals surface area contributed by atoms with Gasteiger partial charge in [0, 0.05) is 12.0 Å². The Kier molecular flexibility index (Phi) is 8.28. The van der Waals surface area contributed by atoms with Gasteiger partial charge in [0.05, 0.1) is 25.1 Å². The van der Waals surface area contributed by atoms with Gasteiger partial charge in [-0.2, -0.15) is 0 Å². The van der Waals surface area contributed by atoms with E-state index < -0.39 is 0 Å². The molecule has 0 saturated carbocycles. The first kappa shape index (κ1) is 27.9. The normalized spacial score (nSPS) is 12.0. The van der Waals surface area contributed by atoms with E-state index in [9.17, 15) is 0 Å². The fraction of sp³-hybridized carbons (Fsp3) is 0.314. The average molecular weight is 526 g/mol. The van der Waals surface area contributed by atoms with Crippen LogP contribution in [0.4, 0.5) is 0 Å². The standard InChI is InChI=1S/C35H41O2S/c1-34(2,3)27-12-9-25(10-13-27)23-26-11-14-28(35(4,5)6)24-33(26)38(31-19-15-29(36-7)16-20-31)32-21-17-30(37-8)18-22-32/h9-22,24H,23H2,1-8H3/q+1. The fourth-order valence-electron chi connectivity index (χ4n) is 4.51. The zero-order valence-corrected chi connectivity index (χ0v) is 24.9. The summed E-state index contributed by atoms with van der Waals surface area (Å²) in [5.41, 5.74) is 5.59. The van der Waals surface area contributed by atoms with Crippen molar-refractivity contribution >= 4 is 10.9 Å². The number of rotatable bonds is 7. The quantitative estimate of drug-likeness (QED) is 0.224. The molecule has 0 N–H and O–H groups in total. The van der Waals surface area contributed by atoms with E-state index in [0.29, 0.717) is 0 Å². The molecule has 38 heavy (non-hydrogen) atoms. The van der Waals surface area contributed by atoms with Crippen molar-refractivity contribution in [1.82, 2.24) is 0 Å². The third kappa shape index (κ3) is 6.45. The molecule has 0 unspecified atom stereocenters. The summed E-state index contributed by atoms with van der Waals surface area (Å²) in [7, 11) is 3.14. The first-order valence-corrected chi connectivity index (χ1v) is 14.5. The van der Waals surface area contributed by atoms with Gasteiger partial charge in [0.1, 0.15) is 11.5 Å². The number of methoxy groups -OCH3 is 2. The highest BCUT2D eigenvalue weighted by molar-refractivity contribution is 7.97. The molecule has 0 amide bonds.